The minimum Gasteiger partial charge on any atom is -0.393 e. The molecule has 0 aromatic heterocycles. The van der Waals surface area contributed by atoms with Crippen LogP contribution in [0.4, 0.5) is 8.78 Å². The maximum Gasteiger partial charge on any atom is 0.254 e. The summed E-state index contributed by atoms with van der Waals surface area (Å²) in [6.07, 6.45) is -0.134. The Kier molecular flexibility index (Phi) is 6.05. The number of carbonyl (C=O) groups excluding carboxylic acids is 2. The molecule has 0 radical (unpaired) electrons. The Balaban J connectivity index is 2.41. The van der Waals surface area contributed by atoms with Crippen LogP contribution in [0.1, 0.15) is 23.7 Å². The first-order valence-electron chi connectivity index (χ1n) is 6.08. The van der Waals surface area contributed by atoms with Crippen LogP contribution in [0.2, 0.25) is 0 Å². The number of aliphatic hydroxyl groups excluding tert-OH is 1. The minimum absolute atomic E-state index is 0.275. The molecule has 110 valence electrons. The molecule has 7 heteroatoms. The summed E-state index contributed by atoms with van der Waals surface area (Å²) in [5.74, 6) is -3.03. The van der Waals surface area contributed by atoms with Gasteiger partial charge in [0.15, 0.2) is 0 Å². The molecule has 1 aromatic carbocycles. The molecule has 3 N–H and O–H groups in total. The van der Waals surface area contributed by atoms with Crippen molar-refractivity contribution in [3.8, 4) is 0 Å². The number of rotatable bonds is 6. The van der Waals surface area contributed by atoms with Crippen molar-refractivity contribution in [3.63, 3.8) is 0 Å². The molecule has 0 saturated carbocycles. The molecule has 1 unspecified atom stereocenters. The van der Waals surface area contributed by atoms with Crippen LogP contribution < -0.4 is 10.6 Å². The number of halogens is 2. The van der Waals surface area contributed by atoms with Gasteiger partial charge in [-0.2, -0.15) is 0 Å². The van der Waals surface area contributed by atoms with Gasteiger partial charge in [-0.1, -0.05) is 0 Å². The molecule has 0 aliphatic rings. The first kappa shape index (κ1) is 16.0. The molecule has 20 heavy (non-hydrogen) atoms. The highest BCUT2D eigenvalue weighted by atomic mass is 19.1. The smallest absolute Gasteiger partial charge is 0.254 e. The first-order chi connectivity index (χ1) is 9.40. The average Bonchev–Trinajstić information content (AvgIpc) is 2.35. The third kappa shape index (κ3) is 5.31. The van der Waals surface area contributed by atoms with Gasteiger partial charge in [0.1, 0.15) is 11.6 Å². The molecule has 0 aliphatic heterocycles. The van der Waals surface area contributed by atoms with Gasteiger partial charge >= 0.3 is 0 Å². The Labute approximate surface area is 115 Å². The summed E-state index contributed by atoms with van der Waals surface area (Å²) in [6, 6.07) is 2.56. The second-order valence-electron chi connectivity index (χ2n) is 4.29. The number of amides is 2. The van der Waals surface area contributed by atoms with Gasteiger partial charge < -0.3 is 15.7 Å². The van der Waals surface area contributed by atoms with Crippen LogP contribution in [0.15, 0.2) is 18.2 Å². The van der Waals surface area contributed by atoms with Gasteiger partial charge in [-0.15, -0.1) is 0 Å². The van der Waals surface area contributed by atoms with E-state index in [1.54, 1.807) is 6.92 Å². The molecule has 0 aliphatic carbocycles. The van der Waals surface area contributed by atoms with Crippen molar-refractivity contribution in [2.45, 2.75) is 19.4 Å². The highest BCUT2D eigenvalue weighted by Gasteiger charge is 2.13. The van der Waals surface area contributed by atoms with Crippen molar-refractivity contribution in [2.24, 2.45) is 0 Å². The highest BCUT2D eigenvalue weighted by Crippen LogP contribution is 2.08. The lowest BCUT2D eigenvalue weighted by Crippen LogP contribution is -2.38. The van der Waals surface area contributed by atoms with E-state index in [1.165, 1.54) is 0 Å². The van der Waals surface area contributed by atoms with E-state index in [1.807, 2.05) is 0 Å². The predicted octanol–water partition coefficient (Wildman–Crippen LogP) is 0.582. The third-order valence-corrected chi connectivity index (χ3v) is 2.47. The SMILES string of the molecule is CC(O)CCNC(=O)CNC(=O)c1ccc(F)cc1F. The number of nitrogens with one attached hydrogen (secondary N) is 2. The van der Waals surface area contributed by atoms with E-state index in [0.717, 1.165) is 12.1 Å². The molecule has 0 saturated heterocycles. The second-order valence-corrected chi connectivity index (χ2v) is 4.29. The van der Waals surface area contributed by atoms with E-state index in [9.17, 15) is 18.4 Å². The molecule has 0 heterocycles. The monoisotopic (exact) mass is 286 g/mol. The van der Waals surface area contributed by atoms with Crippen LogP contribution in [0.5, 0.6) is 0 Å². The quantitative estimate of drug-likeness (QED) is 0.716. The van der Waals surface area contributed by atoms with Crippen LogP contribution in [0, 0.1) is 11.6 Å². The van der Waals surface area contributed by atoms with Crippen molar-refractivity contribution in [3.05, 3.63) is 35.4 Å². The van der Waals surface area contributed by atoms with Crippen LogP contribution in [-0.4, -0.2) is 36.1 Å². The summed E-state index contributed by atoms with van der Waals surface area (Å²) in [4.78, 5) is 22.9. The van der Waals surface area contributed by atoms with Gasteiger partial charge in [0, 0.05) is 12.6 Å². The topological polar surface area (TPSA) is 78.4 Å². The van der Waals surface area contributed by atoms with Crippen LogP contribution in [-0.2, 0) is 4.79 Å². The summed E-state index contributed by atoms with van der Waals surface area (Å²) in [5.41, 5.74) is -0.330. The van der Waals surface area contributed by atoms with E-state index in [2.05, 4.69) is 10.6 Å². The van der Waals surface area contributed by atoms with Crippen molar-refractivity contribution >= 4 is 11.8 Å². The van der Waals surface area contributed by atoms with Gasteiger partial charge in [-0.25, -0.2) is 8.78 Å². The molecule has 1 aromatic rings. The molecule has 2 amide bonds. The predicted molar refractivity (Wildman–Crippen MR) is 68.0 cm³/mol. The van der Waals surface area contributed by atoms with Crippen molar-refractivity contribution in [1.82, 2.24) is 10.6 Å². The van der Waals surface area contributed by atoms with Gasteiger partial charge in [-0.3, -0.25) is 9.59 Å². The van der Waals surface area contributed by atoms with E-state index in [4.69, 9.17) is 5.11 Å². The summed E-state index contributed by atoms with van der Waals surface area (Å²) in [7, 11) is 0. The zero-order chi connectivity index (χ0) is 15.1. The number of benzene rings is 1. The maximum atomic E-state index is 13.3. The average molecular weight is 286 g/mol. The van der Waals surface area contributed by atoms with Gasteiger partial charge in [0.25, 0.3) is 5.91 Å². The van der Waals surface area contributed by atoms with Crippen LogP contribution in [0.25, 0.3) is 0 Å². The lowest BCUT2D eigenvalue weighted by molar-refractivity contribution is -0.120. The fourth-order valence-electron chi connectivity index (χ4n) is 1.41. The second kappa shape index (κ2) is 7.54. The summed E-state index contributed by atoms with van der Waals surface area (Å²) < 4.78 is 26.0. The number of aliphatic hydroxyl groups is 1. The Hall–Kier alpha value is -2.02. The lowest BCUT2D eigenvalue weighted by atomic mass is 10.2. The van der Waals surface area contributed by atoms with Crippen molar-refractivity contribution in [1.29, 1.82) is 0 Å². The molecule has 1 atom stereocenters. The lowest BCUT2D eigenvalue weighted by Gasteiger charge is -2.08. The van der Waals surface area contributed by atoms with Crippen LogP contribution >= 0.6 is 0 Å². The number of hydrogen-bond donors (Lipinski definition) is 3. The fourth-order valence-corrected chi connectivity index (χ4v) is 1.41. The summed E-state index contributed by atoms with van der Waals surface area (Å²) in [6.45, 7) is 1.54. The van der Waals surface area contributed by atoms with Gasteiger partial charge in [-0.05, 0) is 25.5 Å². The number of hydrogen-bond acceptors (Lipinski definition) is 3. The standard InChI is InChI=1S/C13H16F2N2O3/c1-8(18)4-5-16-12(19)7-17-13(20)10-3-2-9(14)6-11(10)15/h2-3,6,8,18H,4-5,7H2,1H3,(H,16,19)(H,17,20). The Morgan fingerprint density at radius 1 is 1.30 bits per heavy atom. The number of carbonyl (C=O) groups is 2. The maximum absolute atomic E-state index is 13.3. The molecular formula is C13H16F2N2O3. The molecule has 0 bridgehead atoms. The van der Waals surface area contributed by atoms with E-state index in [-0.39, 0.29) is 18.7 Å². The van der Waals surface area contributed by atoms with Crippen molar-refractivity contribution in [2.75, 3.05) is 13.1 Å². The Morgan fingerprint density at radius 2 is 2.00 bits per heavy atom. The van der Waals surface area contributed by atoms with Gasteiger partial charge in [0.05, 0.1) is 18.2 Å². The van der Waals surface area contributed by atoms with Gasteiger partial charge in [0.2, 0.25) is 5.91 Å². The molecule has 5 nitrogen and oxygen atoms in total. The zero-order valence-corrected chi connectivity index (χ0v) is 11.0. The minimum atomic E-state index is -0.989. The largest absolute Gasteiger partial charge is 0.393 e. The summed E-state index contributed by atoms with van der Waals surface area (Å²) >= 11 is 0. The first-order valence-corrected chi connectivity index (χ1v) is 6.08. The van der Waals surface area contributed by atoms with Crippen molar-refractivity contribution < 1.29 is 23.5 Å². The van der Waals surface area contributed by atoms with Crippen LogP contribution in [0.3, 0.4) is 0 Å². The highest BCUT2D eigenvalue weighted by molar-refractivity contribution is 5.96. The molecular weight excluding hydrogens is 270 g/mol. The Bertz CT molecular complexity index is 493. The summed E-state index contributed by atoms with van der Waals surface area (Å²) in [5, 5.41) is 13.7. The third-order valence-electron chi connectivity index (χ3n) is 2.47. The normalized spacial score (nSPS) is 11.8. The molecule has 0 spiro atoms. The Morgan fingerprint density at radius 3 is 2.60 bits per heavy atom. The fraction of sp³-hybridized carbons (Fsp3) is 0.385. The molecule has 1 rings (SSSR count). The van der Waals surface area contributed by atoms with E-state index < -0.39 is 29.6 Å². The van der Waals surface area contributed by atoms with E-state index >= 15 is 0 Å². The zero-order valence-electron chi connectivity index (χ0n) is 11.0. The van der Waals surface area contributed by atoms with E-state index in [0.29, 0.717) is 12.5 Å². The molecule has 0 fully saturated rings.